The molecule has 0 aliphatic rings. The van der Waals surface area contributed by atoms with Crippen LogP contribution in [0.5, 0.6) is 0 Å². The Morgan fingerprint density at radius 2 is 2.14 bits per heavy atom. The van der Waals surface area contributed by atoms with Crippen molar-refractivity contribution in [2.24, 2.45) is 14.1 Å². The largest absolute Gasteiger partial charge is 0.317 e. The molecule has 2 rings (SSSR count). The molecule has 2 heterocycles. The highest BCUT2D eigenvalue weighted by molar-refractivity contribution is 5.57. The zero-order valence-corrected chi connectivity index (χ0v) is 8.60. The van der Waals surface area contributed by atoms with Crippen LogP contribution in [-0.2, 0) is 20.5 Å². The van der Waals surface area contributed by atoms with E-state index in [1.165, 1.54) is 0 Å². The third-order valence-corrected chi connectivity index (χ3v) is 2.19. The maximum Gasteiger partial charge on any atom is 0.166 e. The summed E-state index contributed by atoms with van der Waals surface area (Å²) in [5, 5.41) is 12.3. The van der Waals surface area contributed by atoms with Gasteiger partial charge in [-0.05, 0) is 6.42 Å². The van der Waals surface area contributed by atoms with Crippen molar-refractivity contribution in [2.45, 2.75) is 13.3 Å². The lowest BCUT2D eigenvalue weighted by atomic mass is 10.2. The summed E-state index contributed by atoms with van der Waals surface area (Å²) < 4.78 is 3.71. The van der Waals surface area contributed by atoms with Gasteiger partial charge < -0.3 is 4.57 Å². The van der Waals surface area contributed by atoms with Crippen molar-refractivity contribution in [3.8, 4) is 11.4 Å². The Balaban J connectivity index is 2.55. The van der Waals surface area contributed by atoms with Crippen molar-refractivity contribution >= 4 is 0 Å². The van der Waals surface area contributed by atoms with Gasteiger partial charge in [0.1, 0.15) is 6.33 Å². The smallest absolute Gasteiger partial charge is 0.166 e. The van der Waals surface area contributed by atoms with E-state index in [4.69, 9.17) is 0 Å². The van der Waals surface area contributed by atoms with E-state index >= 15 is 0 Å². The highest BCUT2D eigenvalue weighted by atomic mass is 15.3. The number of aromatic nitrogens is 5. The van der Waals surface area contributed by atoms with Gasteiger partial charge in [-0.15, -0.1) is 10.2 Å². The fourth-order valence-corrected chi connectivity index (χ4v) is 1.51. The van der Waals surface area contributed by atoms with E-state index in [1.54, 1.807) is 6.33 Å². The molecule has 0 atom stereocenters. The zero-order chi connectivity index (χ0) is 10.1. The van der Waals surface area contributed by atoms with Crippen LogP contribution < -0.4 is 0 Å². The molecule has 0 radical (unpaired) electrons. The van der Waals surface area contributed by atoms with E-state index < -0.39 is 0 Å². The van der Waals surface area contributed by atoms with Crippen LogP contribution in [0.2, 0.25) is 0 Å². The molecule has 0 saturated heterocycles. The second-order valence-electron chi connectivity index (χ2n) is 3.28. The molecule has 0 unspecified atom stereocenters. The Kier molecular flexibility index (Phi) is 2.07. The van der Waals surface area contributed by atoms with Crippen molar-refractivity contribution < 1.29 is 0 Å². The highest BCUT2D eigenvalue weighted by Gasteiger charge is 2.12. The van der Waals surface area contributed by atoms with Gasteiger partial charge in [-0.2, -0.15) is 5.10 Å². The van der Waals surface area contributed by atoms with Gasteiger partial charge >= 0.3 is 0 Å². The minimum absolute atomic E-state index is 0.870. The molecule has 2 aromatic heterocycles. The molecule has 0 aliphatic heterocycles. The maximum absolute atomic E-state index is 4.36. The average Bonchev–Trinajstić information content (AvgIpc) is 2.71. The molecular weight excluding hydrogens is 178 g/mol. The molecule has 0 aromatic carbocycles. The Hall–Kier alpha value is -1.65. The van der Waals surface area contributed by atoms with E-state index in [0.29, 0.717) is 0 Å². The lowest BCUT2D eigenvalue weighted by Gasteiger charge is -1.97. The van der Waals surface area contributed by atoms with Crippen LogP contribution in [0.1, 0.15) is 12.6 Å². The van der Waals surface area contributed by atoms with Crippen LogP contribution >= 0.6 is 0 Å². The first-order valence-electron chi connectivity index (χ1n) is 4.59. The molecule has 74 valence electrons. The Labute approximate surface area is 82.4 Å². The number of aryl methyl sites for hydroxylation is 3. The van der Waals surface area contributed by atoms with Crippen LogP contribution in [-0.4, -0.2) is 24.5 Å². The van der Waals surface area contributed by atoms with E-state index in [1.807, 2.05) is 29.5 Å². The molecule has 0 aliphatic carbocycles. The summed E-state index contributed by atoms with van der Waals surface area (Å²) in [6.07, 6.45) is 4.58. The molecule has 2 aromatic rings. The highest BCUT2D eigenvalue weighted by Crippen LogP contribution is 2.19. The number of nitrogens with zero attached hydrogens (tertiary/aromatic N) is 5. The van der Waals surface area contributed by atoms with E-state index in [-0.39, 0.29) is 0 Å². The molecule has 5 nitrogen and oxygen atoms in total. The summed E-state index contributed by atoms with van der Waals surface area (Å²) in [5.41, 5.74) is 2.12. The third-order valence-electron chi connectivity index (χ3n) is 2.19. The first-order valence-corrected chi connectivity index (χ1v) is 4.59. The minimum Gasteiger partial charge on any atom is -0.317 e. The number of rotatable bonds is 2. The first-order chi connectivity index (χ1) is 6.72. The minimum atomic E-state index is 0.870. The second kappa shape index (κ2) is 3.25. The van der Waals surface area contributed by atoms with Gasteiger partial charge in [-0.1, -0.05) is 6.92 Å². The predicted molar refractivity (Wildman–Crippen MR) is 52.6 cm³/mol. The van der Waals surface area contributed by atoms with Gasteiger partial charge in [0.2, 0.25) is 0 Å². The molecule has 14 heavy (non-hydrogen) atoms. The summed E-state index contributed by atoms with van der Waals surface area (Å²) in [4.78, 5) is 0. The van der Waals surface area contributed by atoms with Gasteiger partial charge in [0.25, 0.3) is 0 Å². The lowest BCUT2D eigenvalue weighted by molar-refractivity contribution is 0.746. The predicted octanol–water partition coefficient (Wildman–Crippen LogP) is 0.778. The van der Waals surface area contributed by atoms with Gasteiger partial charge in [0.05, 0.1) is 11.3 Å². The van der Waals surface area contributed by atoms with Crippen LogP contribution in [0.15, 0.2) is 12.5 Å². The Morgan fingerprint density at radius 1 is 1.36 bits per heavy atom. The van der Waals surface area contributed by atoms with Crippen molar-refractivity contribution in [3.63, 3.8) is 0 Å². The van der Waals surface area contributed by atoms with E-state index in [9.17, 15) is 0 Å². The topological polar surface area (TPSA) is 48.5 Å². The molecule has 0 amide bonds. The van der Waals surface area contributed by atoms with E-state index in [0.717, 1.165) is 23.5 Å². The van der Waals surface area contributed by atoms with Gasteiger partial charge in [0.15, 0.2) is 5.82 Å². The van der Waals surface area contributed by atoms with E-state index in [2.05, 4.69) is 22.2 Å². The maximum atomic E-state index is 4.36. The van der Waals surface area contributed by atoms with Gasteiger partial charge in [-0.25, -0.2) is 0 Å². The van der Waals surface area contributed by atoms with Gasteiger partial charge in [0, 0.05) is 20.3 Å². The van der Waals surface area contributed by atoms with Crippen LogP contribution in [0.3, 0.4) is 0 Å². The van der Waals surface area contributed by atoms with Crippen LogP contribution in [0.25, 0.3) is 11.4 Å². The molecule has 0 saturated carbocycles. The normalized spacial score (nSPS) is 10.8. The summed E-state index contributed by atoms with van der Waals surface area (Å²) in [6.45, 7) is 2.09. The fraction of sp³-hybridized carbons (Fsp3) is 0.444. The van der Waals surface area contributed by atoms with Crippen molar-refractivity contribution in [3.05, 3.63) is 18.2 Å². The number of hydrogen-bond donors (Lipinski definition) is 0. The SMILES string of the molecule is CCc1nn(C)cc1-c1nncn1C. The monoisotopic (exact) mass is 191 g/mol. The number of hydrogen-bond acceptors (Lipinski definition) is 3. The van der Waals surface area contributed by atoms with Crippen LogP contribution in [0.4, 0.5) is 0 Å². The lowest BCUT2D eigenvalue weighted by Crippen LogP contribution is -1.93. The van der Waals surface area contributed by atoms with Crippen molar-refractivity contribution in [1.82, 2.24) is 24.5 Å². The molecule has 5 heteroatoms. The molecular formula is C9H13N5. The van der Waals surface area contributed by atoms with Gasteiger partial charge in [-0.3, -0.25) is 4.68 Å². The van der Waals surface area contributed by atoms with Crippen LogP contribution in [0, 0.1) is 0 Å². The average molecular weight is 191 g/mol. The molecule has 0 bridgehead atoms. The summed E-state index contributed by atoms with van der Waals surface area (Å²) in [7, 11) is 3.85. The summed E-state index contributed by atoms with van der Waals surface area (Å²) in [6, 6.07) is 0. The Bertz CT molecular complexity index is 440. The summed E-state index contributed by atoms with van der Waals surface area (Å²) >= 11 is 0. The second-order valence-corrected chi connectivity index (χ2v) is 3.28. The standard InChI is InChI=1S/C9H13N5/c1-4-8-7(5-14(3)12-8)9-11-10-6-13(9)2/h5-6H,4H2,1-3H3. The molecule has 0 fully saturated rings. The zero-order valence-electron chi connectivity index (χ0n) is 8.60. The summed E-state index contributed by atoms with van der Waals surface area (Å²) in [5.74, 6) is 0.870. The van der Waals surface area contributed by atoms with Crippen molar-refractivity contribution in [1.29, 1.82) is 0 Å². The Morgan fingerprint density at radius 3 is 2.71 bits per heavy atom. The first kappa shape index (κ1) is 8.93. The third kappa shape index (κ3) is 1.30. The fourth-order valence-electron chi connectivity index (χ4n) is 1.51. The quantitative estimate of drug-likeness (QED) is 0.704. The van der Waals surface area contributed by atoms with Crippen molar-refractivity contribution in [2.75, 3.05) is 0 Å². The molecule has 0 N–H and O–H groups in total. The molecule has 0 spiro atoms.